The number of thioether (sulfide) groups is 1. The lowest BCUT2D eigenvalue weighted by Gasteiger charge is -2.10. The molecule has 0 spiro atoms. The van der Waals surface area contributed by atoms with E-state index in [0.717, 1.165) is 21.3 Å². The molecule has 0 aliphatic heterocycles. The number of aryl methyl sites for hydroxylation is 1. The third-order valence-corrected chi connectivity index (χ3v) is 6.08. The van der Waals surface area contributed by atoms with Gasteiger partial charge in [-0.15, -0.1) is 11.3 Å². The average molecular weight is 415 g/mol. The maximum atomic E-state index is 12.5. The van der Waals surface area contributed by atoms with Crippen LogP contribution in [0.2, 0.25) is 0 Å². The fourth-order valence-electron chi connectivity index (χ4n) is 2.41. The first-order valence-corrected chi connectivity index (χ1v) is 10.2. The molecule has 0 aliphatic carbocycles. The number of esters is 1. The lowest BCUT2D eigenvalue weighted by Crippen LogP contribution is -2.13. The molecule has 0 saturated heterocycles. The van der Waals surface area contributed by atoms with Gasteiger partial charge in [-0.3, -0.25) is 4.79 Å². The van der Waals surface area contributed by atoms with Gasteiger partial charge in [-0.05, 0) is 36.8 Å². The number of carbonyl (C=O) groups is 2. The number of aromatic nitrogens is 1. The van der Waals surface area contributed by atoms with E-state index in [2.05, 4.69) is 15.0 Å². The Morgan fingerprint density at radius 1 is 1.21 bits per heavy atom. The molecule has 3 rings (SSSR count). The summed E-state index contributed by atoms with van der Waals surface area (Å²) in [6, 6.07) is 11.7. The highest BCUT2D eigenvalue weighted by molar-refractivity contribution is 8.00. The Morgan fingerprint density at radius 3 is 2.61 bits per heavy atom. The third-order valence-electron chi connectivity index (χ3n) is 3.87. The van der Waals surface area contributed by atoms with Crippen molar-refractivity contribution in [3.8, 4) is 5.75 Å². The second kappa shape index (κ2) is 8.90. The summed E-state index contributed by atoms with van der Waals surface area (Å²) < 4.78 is 5.63. The number of amides is 1. The zero-order valence-electron chi connectivity index (χ0n) is 15.3. The molecule has 0 atom stereocenters. The van der Waals surface area contributed by atoms with Gasteiger partial charge in [0.15, 0.2) is 5.75 Å². The fraction of sp³-hybridized carbons (Fsp3) is 0.150. The van der Waals surface area contributed by atoms with Gasteiger partial charge in [-0.1, -0.05) is 30.0 Å². The standard InChI is InChI=1S/C20H18N2O4S2/c1-12-10-27-20(21-12)28-11-13-6-8-14(9-7-13)18(24)22-16-5-3-4-15(17(16)23)19(25)26-2/h3-10,23H,11H2,1-2H3,(H,22,24). The van der Waals surface area contributed by atoms with Crippen LogP contribution in [0, 0.1) is 6.92 Å². The zero-order chi connectivity index (χ0) is 20.1. The summed E-state index contributed by atoms with van der Waals surface area (Å²) >= 11 is 3.26. The van der Waals surface area contributed by atoms with Gasteiger partial charge >= 0.3 is 5.97 Å². The minimum atomic E-state index is -0.675. The van der Waals surface area contributed by atoms with Crippen LogP contribution in [0.5, 0.6) is 5.75 Å². The van der Waals surface area contributed by atoms with E-state index in [4.69, 9.17) is 0 Å². The molecule has 0 radical (unpaired) electrons. The Balaban J connectivity index is 1.66. The van der Waals surface area contributed by atoms with Crippen LogP contribution < -0.4 is 5.32 Å². The number of hydrogen-bond donors (Lipinski definition) is 2. The number of ether oxygens (including phenoxy) is 1. The van der Waals surface area contributed by atoms with Gasteiger partial charge in [0.1, 0.15) is 9.90 Å². The molecule has 2 N–H and O–H groups in total. The predicted octanol–water partition coefficient (Wildman–Crippen LogP) is 4.49. The maximum absolute atomic E-state index is 12.5. The van der Waals surface area contributed by atoms with Gasteiger partial charge in [0.05, 0.1) is 12.8 Å². The normalized spacial score (nSPS) is 10.5. The van der Waals surface area contributed by atoms with Crippen molar-refractivity contribution in [2.24, 2.45) is 0 Å². The topological polar surface area (TPSA) is 88.5 Å². The Kier molecular flexibility index (Phi) is 6.33. The van der Waals surface area contributed by atoms with E-state index in [9.17, 15) is 14.7 Å². The molecule has 0 saturated carbocycles. The number of anilines is 1. The minimum Gasteiger partial charge on any atom is -0.505 e. The maximum Gasteiger partial charge on any atom is 0.341 e. The number of nitrogens with zero attached hydrogens (tertiary/aromatic N) is 1. The molecule has 0 bridgehead atoms. The lowest BCUT2D eigenvalue weighted by molar-refractivity contribution is 0.0597. The molecule has 1 aromatic heterocycles. The largest absolute Gasteiger partial charge is 0.505 e. The van der Waals surface area contributed by atoms with Crippen LogP contribution in [0.1, 0.15) is 32.0 Å². The monoisotopic (exact) mass is 414 g/mol. The van der Waals surface area contributed by atoms with Crippen LogP contribution in [0.25, 0.3) is 0 Å². The van der Waals surface area contributed by atoms with Gasteiger partial charge in [-0.2, -0.15) is 0 Å². The summed E-state index contributed by atoms with van der Waals surface area (Å²) in [6.45, 7) is 1.96. The Morgan fingerprint density at radius 2 is 1.96 bits per heavy atom. The van der Waals surface area contributed by atoms with Crippen molar-refractivity contribution in [3.05, 3.63) is 70.2 Å². The number of para-hydroxylation sites is 1. The van der Waals surface area contributed by atoms with Crippen LogP contribution >= 0.6 is 23.1 Å². The van der Waals surface area contributed by atoms with Gasteiger partial charge in [0, 0.05) is 22.4 Å². The quantitative estimate of drug-likeness (QED) is 0.351. The number of hydrogen-bond acceptors (Lipinski definition) is 7. The summed E-state index contributed by atoms with van der Waals surface area (Å²) in [7, 11) is 1.22. The van der Waals surface area contributed by atoms with Crippen molar-refractivity contribution in [1.82, 2.24) is 4.98 Å². The molecule has 8 heteroatoms. The number of methoxy groups -OCH3 is 1. The molecule has 1 heterocycles. The molecular weight excluding hydrogens is 396 g/mol. The van der Waals surface area contributed by atoms with Gasteiger partial charge in [0.25, 0.3) is 5.91 Å². The van der Waals surface area contributed by atoms with Crippen LogP contribution in [0.15, 0.2) is 52.2 Å². The second-order valence-corrected chi connectivity index (χ2v) is 7.97. The number of rotatable bonds is 6. The molecule has 0 aliphatic rings. The lowest BCUT2D eigenvalue weighted by atomic mass is 10.1. The summed E-state index contributed by atoms with van der Waals surface area (Å²) in [4.78, 5) is 28.5. The Labute approximate surface area is 170 Å². The van der Waals surface area contributed by atoms with E-state index in [1.54, 1.807) is 41.3 Å². The molecule has 6 nitrogen and oxygen atoms in total. The van der Waals surface area contributed by atoms with E-state index < -0.39 is 5.97 Å². The molecule has 3 aromatic rings. The van der Waals surface area contributed by atoms with Crippen molar-refractivity contribution < 1.29 is 19.4 Å². The molecule has 144 valence electrons. The number of aromatic hydroxyl groups is 1. The molecule has 1 amide bonds. The first-order chi connectivity index (χ1) is 13.5. The first kappa shape index (κ1) is 19.9. The molecule has 0 fully saturated rings. The highest BCUT2D eigenvalue weighted by Gasteiger charge is 2.16. The van der Waals surface area contributed by atoms with Crippen LogP contribution in [0.3, 0.4) is 0 Å². The van der Waals surface area contributed by atoms with E-state index in [1.165, 1.54) is 19.2 Å². The number of phenolic OH excluding ortho intramolecular Hbond substituents is 1. The smallest absolute Gasteiger partial charge is 0.341 e. The minimum absolute atomic E-state index is 0.00917. The van der Waals surface area contributed by atoms with E-state index in [1.807, 2.05) is 24.4 Å². The SMILES string of the molecule is COC(=O)c1cccc(NC(=O)c2ccc(CSc3nc(C)cs3)cc2)c1O. The summed E-state index contributed by atoms with van der Waals surface area (Å²) in [6.07, 6.45) is 0. The number of thiazole rings is 1. The highest BCUT2D eigenvalue weighted by atomic mass is 32.2. The van der Waals surface area contributed by atoms with E-state index in [-0.39, 0.29) is 22.9 Å². The summed E-state index contributed by atoms with van der Waals surface area (Å²) in [5.41, 5.74) is 2.67. The number of phenols is 1. The molecule has 28 heavy (non-hydrogen) atoms. The van der Waals surface area contributed by atoms with Crippen molar-refractivity contribution >= 4 is 40.7 Å². The van der Waals surface area contributed by atoms with Gasteiger partial charge < -0.3 is 15.2 Å². The zero-order valence-corrected chi connectivity index (χ0v) is 16.9. The Hall–Kier alpha value is -2.84. The number of benzene rings is 2. The van der Waals surface area contributed by atoms with Crippen molar-refractivity contribution in [1.29, 1.82) is 0 Å². The molecular formula is C20H18N2O4S2. The average Bonchev–Trinajstić information content (AvgIpc) is 3.13. The van der Waals surface area contributed by atoms with Crippen LogP contribution in [-0.2, 0) is 10.5 Å². The van der Waals surface area contributed by atoms with Crippen molar-refractivity contribution in [2.45, 2.75) is 17.0 Å². The third kappa shape index (κ3) is 4.71. The Bertz CT molecular complexity index is 1000. The van der Waals surface area contributed by atoms with Crippen molar-refractivity contribution in [3.63, 3.8) is 0 Å². The van der Waals surface area contributed by atoms with Crippen LogP contribution in [0.4, 0.5) is 5.69 Å². The highest BCUT2D eigenvalue weighted by Crippen LogP contribution is 2.29. The van der Waals surface area contributed by atoms with Gasteiger partial charge in [0.2, 0.25) is 0 Å². The molecule has 2 aromatic carbocycles. The number of carbonyl (C=O) groups excluding carboxylic acids is 2. The van der Waals surface area contributed by atoms with Crippen LogP contribution in [-0.4, -0.2) is 29.1 Å². The van der Waals surface area contributed by atoms with E-state index >= 15 is 0 Å². The fourth-order valence-corrected chi connectivity index (χ4v) is 4.21. The number of nitrogens with one attached hydrogen (secondary N) is 1. The first-order valence-electron chi connectivity index (χ1n) is 8.33. The van der Waals surface area contributed by atoms with Crippen molar-refractivity contribution in [2.75, 3.05) is 12.4 Å². The summed E-state index contributed by atoms with van der Waals surface area (Å²) in [5, 5.41) is 14.8. The molecule has 0 unspecified atom stereocenters. The predicted molar refractivity (Wildman–Crippen MR) is 110 cm³/mol. The second-order valence-electron chi connectivity index (χ2n) is 5.89. The summed E-state index contributed by atoms with van der Waals surface area (Å²) in [5.74, 6) is -0.621. The van der Waals surface area contributed by atoms with Gasteiger partial charge in [-0.25, -0.2) is 9.78 Å². The van der Waals surface area contributed by atoms with E-state index in [0.29, 0.717) is 5.56 Å².